The predicted octanol–water partition coefficient (Wildman–Crippen LogP) is 2.98. The SMILES string of the molecule is COC(=O)c1cnc(NC(=O)OC(C)(C)C)c(Br)c1. The van der Waals surface area contributed by atoms with E-state index in [0.29, 0.717) is 4.47 Å². The van der Waals surface area contributed by atoms with Crippen molar-refractivity contribution in [2.45, 2.75) is 26.4 Å². The predicted molar refractivity (Wildman–Crippen MR) is 73.1 cm³/mol. The molecule has 0 unspecified atom stereocenters. The minimum atomic E-state index is -0.619. The van der Waals surface area contributed by atoms with Crippen molar-refractivity contribution in [3.63, 3.8) is 0 Å². The normalized spacial score (nSPS) is 10.8. The molecule has 1 N–H and O–H groups in total. The van der Waals surface area contributed by atoms with Crippen LogP contribution in [0, 0.1) is 0 Å². The number of ether oxygens (including phenoxy) is 2. The van der Waals surface area contributed by atoms with E-state index in [9.17, 15) is 9.59 Å². The number of hydrogen-bond donors (Lipinski definition) is 1. The number of halogens is 1. The Bertz CT molecular complexity index is 497. The molecule has 0 spiro atoms. The molecule has 0 aromatic carbocycles. The number of carbonyl (C=O) groups excluding carboxylic acids is 2. The third-order valence-electron chi connectivity index (χ3n) is 1.88. The van der Waals surface area contributed by atoms with E-state index in [-0.39, 0.29) is 11.4 Å². The Morgan fingerprint density at radius 2 is 2.00 bits per heavy atom. The summed E-state index contributed by atoms with van der Waals surface area (Å²) in [5.41, 5.74) is -0.313. The van der Waals surface area contributed by atoms with Crippen LogP contribution in [0.15, 0.2) is 16.7 Å². The van der Waals surface area contributed by atoms with Gasteiger partial charge in [0, 0.05) is 6.20 Å². The Labute approximate surface area is 119 Å². The van der Waals surface area contributed by atoms with Gasteiger partial charge in [-0.05, 0) is 42.8 Å². The highest BCUT2D eigenvalue weighted by molar-refractivity contribution is 9.10. The van der Waals surface area contributed by atoms with Crippen molar-refractivity contribution in [3.8, 4) is 0 Å². The molecule has 1 aromatic rings. The first-order valence-electron chi connectivity index (χ1n) is 5.47. The summed E-state index contributed by atoms with van der Waals surface area (Å²) in [6.07, 6.45) is 0.690. The summed E-state index contributed by atoms with van der Waals surface area (Å²) in [6.45, 7) is 5.28. The second kappa shape index (κ2) is 6.01. The van der Waals surface area contributed by atoms with E-state index in [2.05, 4.69) is 31.0 Å². The van der Waals surface area contributed by atoms with Gasteiger partial charge >= 0.3 is 12.1 Å². The van der Waals surface area contributed by atoms with Crippen molar-refractivity contribution in [1.29, 1.82) is 0 Å². The second-order valence-electron chi connectivity index (χ2n) is 4.67. The van der Waals surface area contributed by atoms with Crippen LogP contribution in [-0.2, 0) is 9.47 Å². The first-order valence-corrected chi connectivity index (χ1v) is 6.26. The fraction of sp³-hybridized carbons (Fsp3) is 0.417. The minimum absolute atomic E-state index is 0.266. The molecule has 0 aliphatic heterocycles. The van der Waals surface area contributed by atoms with Crippen LogP contribution < -0.4 is 5.32 Å². The summed E-state index contributed by atoms with van der Waals surface area (Å²) in [5, 5.41) is 2.48. The number of nitrogens with one attached hydrogen (secondary N) is 1. The lowest BCUT2D eigenvalue weighted by atomic mass is 10.2. The number of esters is 1. The van der Waals surface area contributed by atoms with E-state index < -0.39 is 17.7 Å². The molecule has 0 radical (unpaired) electrons. The van der Waals surface area contributed by atoms with Gasteiger partial charge in [0.25, 0.3) is 0 Å². The molecule has 1 heterocycles. The van der Waals surface area contributed by atoms with E-state index in [1.807, 2.05) is 0 Å². The highest BCUT2D eigenvalue weighted by Gasteiger charge is 2.18. The summed E-state index contributed by atoms with van der Waals surface area (Å²) in [6, 6.07) is 1.51. The van der Waals surface area contributed by atoms with Gasteiger partial charge in [0.05, 0.1) is 17.1 Å². The number of nitrogens with zero attached hydrogens (tertiary/aromatic N) is 1. The van der Waals surface area contributed by atoms with Crippen LogP contribution in [-0.4, -0.2) is 29.8 Å². The van der Waals surface area contributed by atoms with Crippen LogP contribution in [0.3, 0.4) is 0 Å². The van der Waals surface area contributed by atoms with Crippen LogP contribution >= 0.6 is 15.9 Å². The van der Waals surface area contributed by atoms with Gasteiger partial charge in [0.15, 0.2) is 0 Å². The van der Waals surface area contributed by atoms with E-state index in [1.165, 1.54) is 19.4 Å². The van der Waals surface area contributed by atoms with E-state index in [0.717, 1.165) is 0 Å². The van der Waals surface area contributed by atoms with Crippen molar-refractivity contribution >= 4 is 33.8 Å². The van der Waals surface area contributed by atoms with Crippen LogP contribution in [0.4, 0.5) is 10.6 Å². The van der Waals surface area contributed by atoms with Crippen LogP contribution in [0.1, 0.15) is 31.1 Å². The van der Waals surface area contributed by atoms with Crippen molar-refractivity contribution in [1.82, 2.24) is 4.98 Å². The number of carbonyl (C=O) groups is 2. The lowest BCUT2D eigenvalue weighted by Gasteiger charge is -2.19. The van der Waals surface area contributed by atoms with Gasteiger partial charge in [-0.3, -0.25) is 5.32 Å². The third kappa shape index (κ3) is 4.86. The number of anilines is 1. The van der Waals surface area contributed by atoms with Gasteiger partial charge in [-0.25, -0.2) is 14.6 Å². The number of amides is 1. The van der Waals surface area contributed by atoms with E-state index >= 15 is 0 Å². The molecule has 7 heteroatoms. The van der Waals surface area contributed by atoms with Crippen LogP contribution in [0.2, 0.25) is 0 Å². The number of rotatable bonds is 2. The second-order valence-corrected chi connectivity index (χ2v) is 5.53. The average molecular weight is 331 g/mol. The van der Waals surface area contributed by atoms with Gasteiger partial charge < -0.3 is 9.47 Å². The summed E-state index contributed by atoms with van der Waals surface area (Å²) >= 11 is 3.21. The molecule has 104 valence electrons. The quantitative estimate of drug-likeness (QED) is 0.843. The summed E-state index contributed by atoms with van der Waals surface area (Å²) in [4.78, 5) is 26.8. The fourth-order valence-electron chi connectivity index (χ4n) is 1.16. The van der Waals surface area contributed by atoms with Crippen molar-refractivity contribution in [2.24, 2.45) is 0 Å². The summed E-state index contributed by atoms with van der Waals surface area (Å²) in [5.74, 6) is -0.237. The zero-order valence-corrected chi connectivity index (χ0v) is 12.7. The monoisotopic (exact) mass is 330 g/mol. The molecule has 0 fully saturated rings. The Morgan fingerprint density at radius 1 is 1.37 bits per heavy atom. The molecule has 0 saturated carbocycles. The third-order valence-corrected chi connectivity index (χ3v) is 2.49. The maximum absolute atomic E-state index is 11.6. The molecule has 0 aliphatic carbocycles. The highest BCUT2D eigenvalue weighted by Crippen LogP contribution is 2.22. The maximum atomic E-state index is 11.6. The minimum Gasteiger partial charge on any atom is -0.465 e. The van der Waals surface area contributed by atoms with E-state index in [1.54, 1.807) is 20.8 Å². The van der Waals surface area contributed by atoms with Crippen LogP contribution in [0.25, 0.3) is 0 Å². The fourth-order valence-corrected chi connectivity index (χ4v) is 1.61. The molecular formula is C12H15BrN2O4. The van der Waals surface area contributed by atoms with Gasteiger partial charge in [0.1, 0.15) is 11.4 Å². The molecule has 0 saturated heterocycles. The summed E-state index contributed by atoms with van der Waals surface area (Å²) in [7, 11) is 1.28. The Morgan fingerprint density at radius 3 is 2.47 bits per heavy atom. The molecule has 0 aliphatic rings. The van der Waals surface area contributed by atoms with Crippen LogP contribution in [0.5, 0.6) is 0 Å². The Balaban J connectivity index is 2.81. The van der Waals surface area contributed by atoms with Crippen molar-refractivity contribution in [3.05, 3.63) is 22.3 Å². The van der Waals surface area contributed by atoms with Gasteiger partial charge in [0.2, 0.25) is 0 Å². The van der Waals surface area contributed by atoms with Crippen molar-refractivity contribution < 1.29 is 19.1 Å². The molecule has 19 heavy (non-hydrogen) atoms. The Kier molecular flexibility index (Phi) is 4.88. The maximum Gasteiger partial charge on any atom is 0.413 e. The first-order chi connectivity index (χ1) is 8.73. The molecule has 1 aromatic heterocycles. The summed E-state index contributed by atoms with van der Waals surface area (Å²) < 4.78 is 10.1. The van der Waals surface area contributed by atoms with E-state index in [4.69, 9.17) is 4.74 Å². The van der Waals surface area contributed by atoms with Gasteiger partial charge in [-0.2, -0.15) is 0 Å². The van der Waals surface area contributed by atoms with Crippen molar-refractivity contribution in [2.75, 3.05) is 12.4 Å². The zero-order valence-electron chi connectivity index (χ0n) is 11.1. The first kappa shape index (κ1) is 15.4. The number of aromatic nitrogens is 1. The molecular weight excluding hydrogens is 316 g/mol. The largest absolute Gasteiger partial charge is 0.465 e. The smallest absolute Gasteiger partial charge is 0.413 e. The topological polar surface area (TPSA) is 77.5 Å². The zero-order chi connectivity index (χ0) is 14.6. The highest BCUT2D eigenvalue weighted by atomic mass is 79.9. The molecule has 1 amide bonds. The van der Waals surface area contributed by atoms with Gasteiger partial charge in [-0.1, -0.05) is 0 Å². The standard InChI is InChI=1S/C12H15BrN2O4/c1-12(2,3)19-11(17)15-9-8(13)5-7(6-14-9)10(16)18-4/h5-6H,1-4H3,(H,14,15,17). The Hall–Kier alpha value is -1.63. The molecule has 6 nitrogen and oxygen atoms in total. The number of hydrogen-bond acceptors (Lipinski definition) is 5. The molecule has 0 atom stereocenters. The molecule has 1 rings (SSSR count). The lowest BCUT2D eigenvalue weighted by Crippen LogP contribution is -2.27. The van der Waals surface area contributed by atoms with Gasteiger partial charge in [-0.15, -0.1) is 0 Å². The number of pyridine rings is 1. The lowest BCUT2D eigenvalue weighted by molar-refractivity contribution is 0.0598. The molecule has 0 bridgehead atoms. The average Bonchev–Trinajstić information content (AvgIpc) is 2.28. The number of methoxy groups -OCH3 is 1.